The third kappa shape index (κ3) is 1.61. The Morgan fingerprint density at radius 1 is 1.13 bits per heavy atom. The van der Waals surface area contributed by atoms with Crippen molar-refractivity contribution in [2.75, 3.05) is 33.2 Å². The fourth-order valence-electron chi connectivity index (χ4n) is 3.94. The van der Waals surface area contributed by atoms with E-state index in [0.717, 1.165) is 19.6 Å². The Balaban J connectivity index is 1.82. The molecule has 86 valence electrons. The Bertz CT molecular complexity index is 246. The summed E-state index contributed by atoms with van der Waals surface area (Å²) in [5.41, 5.74) is 0. The monoisotopic (exact) mass is 210 g/mol. The van der Waals surface area contributed by atoms with Gasteiger partial charge in [-0.2, -0.15) is 0 Å². The number of piperidine rings is 3. The first-order valence-corrected chi connectivity index (χ1v) is 6.36. The molecule has 3 aliphatic heterocycles. The molecule has 4 atom stereocenters. The highest BCUT2D eigenvalue weighted by Gasteiger charge is 2.46. The van der Waals surface area contributed by atoms with Crippen molar-refractivity contribution in [1.29, 1.82) is 0 Å². The van der Waals surface area contributed by atoms with Gasteiger partial charge in [-0.05, 0) is 26.4 Å². The van der Waals surface area contributed by atoms with Crippen molar-refractivity contribution in [2.24, 2.45) is 11.8 Å². The van der Waals surface area contributed by atoms with Crippen molar-refractivity contribution in [1.82, 2.24) is 9.80 Å². The van der Waals surface area contributed by atoms with Crippen LogP contribution in [0.3, 0.4) is 0 Å². The molecule has 3 fully saturated rings. The lowest BCUT2D eigenvalue weighted by Crippen LogP contribution is -2.64. The summed E-state index contributed by atoms with van der Waals surface area (Å²) in [5.74, 6) is 1.02. The van der Waals surface area contributed by atoms with E-state index in [1.807, 2.05) is 0 Å². The highest BCUT2D eigenvalue weighted by molar-refractivity contribution is 5.00. The second kappa shape index (κ2) is 3.72. The highest BCUT2D eigenvalue weighted by atomic mass is 16.3. The largest absolute Gasteiger partial charge is 0.392 e. The molecule has 3 heteroatoms. The molecule has 1 N–H and O–H groups in total. The lowest BCUT2D eigenvalue weighted by molar-refractivity contribution is -0.112. The molecule has 0 aromatic heterocycles. The Hall–Kier alpha value is -0.120. The van der Waals surface area contributed by atoms with Crippen LogP contribution in [0.4, 0.5) is 0 Å². The third-order valence-corrected chi connectivity index (χ3v) is 4.62. The normalized spacial score (nSPS) is 47.6. The lowest BCUT2D eigenvalue weighted by Gasteiger charge is -2.54. The second-order valence-corrected chi connectivity index (χ2v) is 5.69. The lowest BCUT2D eigenvalue weighted by atomic mass is 9.74. The maximum atomic E-state index is 10.3. The van der Waals surface area contributed by atoms with E-state index in [-0.39, 0.29) is 6.10 Å². The van der Waals surface area contributed by atoms with E-state index in [1.54, 1.807) is 0 Å². The zero-order valence-corrected chi connectivity index (χ0v) is 9.60. The number of fused-ring (bicyclic) bond motifs is 4. The molecule has 0 saturated carbocycles. The van der Waals surface area contributed by atoms with Crippen LogP contribution in [0.5, 0.6) is 0 Å². The third-order valence-electron chi connectivity index (χ3n) is 4.62. The fourth-order valence-corrected chi connectivity index (χ4v) is 3.94. The first-order chi connectivity index (χ1) is 7.25. The molecule has 0 spiro atoms. The van der Waals surface area contributed by atoms with Gasteiger partial charge in [0, 0.05) is 37.5 Å². The topological polar surface area (TPSA) is 26.7 Å². The minimum Gasteiger partial charge on any atom is -0.392 e. The molecule has 3 heterocycles. The molecule has 3 saturated heterocycles. The molecule has 15 heavy (non-hydrogen) atoms. The van der Waals surface area contributed by atoms with Crippen molar-refractivity contribution < 1.29 is 5.11 Å². The van der Waals surface area contributed by atoms with Crippen LogP contribution in [0.15, 0.2) is 0 Å². The van der Waals surface area contributed by atoms with Gasteiger partial charge in [0.1, 0.15) is 0 Å². The summed E-state index contributed by atoms with van der Waals surface area (Å²) in [6.45, 7) is 4.58. The summed E-state index contributed by atoms with van der Waals surface area (Å²) < 4.78 is 0. The molecular formula is C12H22N2O. The Morgan fingerprint density at radius 3 is 2.87 bits per heavy atom. The van der Waals surface area contributed by atoms with Gasteiger partial charge in [0.05, 0.1) is 6.10 Å². The maximum absolute atomic E-state index is 10.3. The van der Waals surface area contributed by atoms with E-state index in [1.165, 1.54) is 25.8 Å². The van der Waals surface area contributed by atoms with Gasteiger partial charge in [-0.1, -0.05) is 6.42 Å². The number of hydrogen-bond acceptors (Lipinski definition) is 3. The summed E-state index contributed by atoms with van der Waals surface area (Å²) in [6, 6.07) is 0.674. The van der Waals surface area contributed by atoms with Gasteiger partial charge in [-0.25, -0.2) is 0 Å². The first-order valence-electron chi connectivity index (χ1n) is 6.36. The summed E-state index contributed by atoms with van der Waals surface area (Å²) in [5, 5.41) is 10.3. The van der Waals surface area contributed by atoms with Crippen LogP contribution in [-0.2, 0) is 0 Å². The molecule has 0 aromatic carbocycles. The van der Waals surface area contributed by atoms with Gasteiger partial charge in [0.15, 0.2) is 0 Å². The molecule has 0 aliphatic carbocycles. The van der Waals surface area contributed by atoms with Crippen LogP contribution in [0.2, 0.25) is 0 Å². The van der Waals surface area contributed by atoms with Crippen LogP contribution in [0.25, 0.3) is 0 Å². The number of likely N-dealkylation sites (tertiary alicyclic amines) is 1. The average molecular weight is 210 g/mol. The first kappa shape index (κ1) is 10.1. The Labute approximate surface area is 92.1 Å². The van der Waals surface area contributed by atoms with E-state index in [4.69, 9.17) is 0 Å². The van der Waals surface area contributed by atoms with Crippen LogP contribution in [0, 0.1) is 11.8 Å². The van der Waals surface area contributed by atoms with Gasteiger partial charge in [-0.3, -0.25) is 4.90 Å². The number of aliphatic hydroxyl groups excluding tert-OH is 1. The van der Waals surface area contributed by atoms with Gasteiger partial charge in [0.2, 0.25) is 0 Å². The van der Waals surface area contributed by atoms with Crippen molar-refractivity contribution in [3.05, 3.63) is 0 Å². The molecular weight excluding hydrogens is 188 g/mol. The van der Waals surface area contributed by atoms with E-state index in [0.29, 0.717) is 17.9 Å². The average Bonchev–Trinajstić information content (AvgIpc) is 2.21. The molecule has 0 aromatic rings. The van der Waals surface area contributed by atoms with E-state index in [9.17, 15) is 5.11 Å². The molecule has 2 bridgehead atoms. The van der Waals surface area contributed by atoms with Crippen molar-refractivity contribution >= 4 is 0 Å². The predicted molar refractivity (Wildman–Crippen MR) is 59.7 cm³/mol. The minimum absolute atomic E-state index is 0.0273. The SMILES string of the molecule is CN1CC2CN3CCCCC3C(C1)C2O. The Kier molecular flexibility index (Phi) is 2.49. The number of hydrogen-bond donors (Lipinski definition) is 1. The van der Waals surface area contributed by atoms with Gasteiger partial charge >= 0.3 is 0 Å². The van der Waals surface area contributed by atoms with Crippen molar-refractivity contribution in [2.45, 2.75) is 31.4 Å². The zero-order valence-electron chi connectivity index (χ0n) is 9.60. The van der Waals surface area contributed by atoms with E-state index in [2.05, 4.69) is 16.8 Å². The van der Waals surface area contributed by atoms with Crippen molar-refractivity contribution in [3.8, 4) is 0 Å². The number of aliphatic hydroxyl groups is 1. The quantitative estimate of drug-likeness (QED) is 0.627. The standard InChI is InChI=1S/C12H22N2O/c1-13-6-9-7-14-5-3-2-4-11(14)10(8-13)12(9)15/h9-12,15H,2-8H2,1H3. The molecule has 0 radical (unpaired) electrons. The minimum atomic E-state index is -0.0273. The predicted octanol–water partition coefficient (Wildman–Crippen LogP) is 0.393. The summed E-state index contributed by atoms with van der Waals surface area (Å²) in [4.78, 5) is 5.06. The molecule has 3 aliphatic rings. The number of nitrogens with zero attached hydrogens (tertiary/aromatic N) is 2. The van der Waals surface area contributed by atoms with Gasteiger partial charge in [0.25, 0.3) is 0 Å². The van der Waals surface area contributed by atoms with E-state index >= 15 is 0 Å². The highest BCUT2D eigenvalue weighted by Crippen LogP contribution is 2.37. The smallest absolute Gasteiger partial charge is 0.0648 e. The molecule has 3 rings (SSSR count). The van der Waals surface area contributed by atoms with Crippen LogP contribution >= 0.6 is 0 Å². The molecule has 3 nitrogen and oxygen atoms in total. The van der Waals surface area contributed by atoms with Gasteiger partial charge in [-0.15, -0.1) is 0 Å². The summed E-state index contributed by atoms with van der Waals surface area (Å²) in [7, 11) is 2.20. The fraction of sp³-hybridized carbons (Fsp3) is 1.00. The van der Waals surface area contributed by atoms with E-state index < -0.39 is 0 Å². The second-order valence-electron chi connectivity index (χ2n) is 5.69. The summed E-state index contributed by atoms with van der Waals surface area (Å²) in [6.07, 6.45) is 4.00. The van der Waals surface area contributed by atoms with Gasteiger partial charge < -0.3 is 10.0 Å². The zero-order chi connectivity index (χ0) is 10.4. The molecule has 0 amide bonds. The van der Waals surface area contributed by atoms with Crippen LogP contribution in [0.1, 0.15) is 19.3 Å². The van der Waals surface area contributed by atoms with Crippen molar-refractivity contribution in [3.63, 3.8) is 0 Å². The van der Waals surface area contributed by atoms with Crippen LogP contribution in [-0.4, -0.2) is 60.3 Å². The molecule has 4 unspecified atom stereocenters. The number of rotatable bonds is 0. The summed E-state index contributed by atoms with van der Waals surface area (Å²) >= 11 is 0. The maximum Gasteiger partial charge on any atom is 0.0648 e. The van der Waals surface area contributed by atoms with Crippen LogP contribution < -0.4 is 0 Å². The Morgan fingerprint density at radius 2 is 2.00 bits per heavy atom.